The number of ether oxygens (including phenoxy) is 1. The lowest BCUT2D eigenvalue weighted by Crippen LogP contribution is -2.27. The predicted octanol–water partition coefficient (Wildman–Crippen LogP) is 5.77. The number of benzene rings is 1. The highest BCUT2D eigenvalue weighted by molar-refractivity contribution is 6.02. The smallest absolute Gasteiger partial charge is 0.253 e. The Morgan fingerprint density at radius 2 is 1.56 bits per heavy atom. The molecule has 0 heterocycles. The van der Waals surface area contributed by atoms with Gasteiger partial charge in [-0.3, -0.25) is 9.59 Å². The van der Waals surface area contributed by atoms with Gasteiger partial charge in [0.05, 0.1) is 5.56 Å². The van der Waals surface area contributed by atoms with E-state index in [0.29, 0.717) is 37.4 Å². The third kappa shape index (κ3) is 12.1. The number of carbonyl (C=O) groups is 2. The molecule has 0 radical (unpaired) electrons. The van der Waals surface area contributed by atoms with Crippen molar-refractivity contribution in [1.82, 2.24) is 5.32 Å². The van der Waals surface area contributed by atoms with E-state index in [1.165, 1.54) is 44.9 Å². The molecule has 2 N–H and O–H groups in total. The van der Waals surface area contributed by atoms with Gasteiger partial charge in [0.1, 0.15) is 0 Å². The summed E-state index contributed by atoms with van der Waals surface area (Å²) in [4.78, 5) is 27.0. The van der Waals surface area contributed by atoms with Crippen LogP contribution in [0.3, 0.4) is 0 Å². The quantitative estimate of drug-likeness (QED) is 0.280. The van der Waals surface area contributed by atoms with Crippen LogP contribution in [0.15, 0.2) is 18.2 Å². The molecule has 1 rings (SSSR count). The molecule has 0 aromatic heterocycles. The molecular formula is C26H45N3O3. The Morgan fingerprint density at radius 1 is 0.906 bits per heavy atom. The van der Waals surface area contributed by atoms with E-state index in [9.17, 15) is 9.59 Å². The topological polar surface area (TPSA) is 70.7 Å². The fourth-order valence-corrected chi connectivity index (χ4v) is 3.62. The summed E-state index contributed by atoms with van der Waals surface area (Å²) in [5, 5.41) is 5.90. The molecule has 6 heteroatoms. The van der Waals surface area contributed by atoms with Crippen LogP contribution in [-0.2, 0) is 9.53 Å². The molecule has 182 valence electrons. The second-order valence-corrected chi connectivity index (χ2v) is 8.56. The summed E-state index contributed by atoms with van der Waals surface area (Å²) in [5.74, 6) is -0.131. The summed E-state index contributed by atoms with van der Waals surface area (Å²) >= 11 is 0. The minimum Gasteiger partial charge on any atom is -0.382 e. The molecule has 1 aromatic rings. The van der Waals surface area contributed by atoms with Gasteiger partial charge in [-0.25, -0.2) is 0 Å². The number of rotatable bonds is 18. The maximum Gasteiger partial charge on any atom is 0.253 e. The molecule has 0 bridgehead atoms. The van der Waals surface area contributed by atoms with Crippen molar-refractivity contribution >= 4 is 23.2 Å². The summed E-state index contributed by atoms with van der Waals surface area (Å²) in [6.07, 6.45) is 12.4. The van der Waals surface area contributed by atoms with E-state index >= 15 is 0 Å². The third-order valence-electron chi connectivity index (χ3n) is 5.47. The molecule has 32 heavy (non-hydrogen) atoms. The summed E-state index contributed by atoms with van der Waals surface area (Å²) in [6.45, 7) is 6.06. The van der Waals surface area contributed by atoms with Gasteiger partial charge in [-0.05, 0) is 38.0 Å². The van der Waals surface area contributed by atoms with Gasteiger partial charge in [0, 0.05) is 51.6 Å². The van der Waals surface area contributed by atoms with Crippen molar-refractivity contribution < 1.29 is 14.3 Å². The molecule has 0 saturated carbocycles. The average Bonchev–Trinajstić information content (AvgIpc) is 2.77. The summed E-state index contributed by atoms with van der Waals surface area (Å²) in [7, 11) is 3.81. The molecule has 0 aliphatic carbocycles. The van der Waals surface area contributed by atoms with Crippen molar-refractivity contribution in [1.29, 1.82) is 0 Å². The molecule has 0 fully saturated rings. The Bertz CT molecular complexity index is 662. The highest BCUT2D eigenvalue weighted by Crippen LogP contribution is 2.23. The van der Waals surface area contributed by atoms with Gasteiger partial charge in [0.25, 0.3) is 5.91 Å². The number of hydrogen-bond acceptors (Lipinski definition) is 4. The van der Waals surface area contributed by atoms with Crippen LogP contribution in [0.5, 0.6) is 0 Å². The number of nitrogens with zero attached hydrogens (tertiary/aromatic N) is 1. The van der Waals surface area contributed by atoms with Crippen LogP contribution in [0, 0.1) is 0 Å². The minimum atomic E-state index is -0.139. The second kappa shape index (κ2) is 17.5. The summed E-state index contributed by atoms with van der Waals surface area (Å²) in [5.41, 5.74) is 2.05. The Kier molecular flexibility index (Phi) is 15.3. The van der Waals surface area contributed by atoms with Crippen LogP contribution in [0.4, 0.5) is 11.4 Å². The molecular weight excluding hydrogens is 402 g/mol. The first kappa shape index (κ1) is 28.0. The van der Waals surface area contributed by atoms with Gasteiger partial charge in [-0.15, -0.1) is 0 Å². The van der Waals surface area contributed by atoms with E-state index in [1.807, 2.05) is 38.1 Å². The number of carbonyl (C=O) groups excluding carboxylic acids is 2. The number of anilines is 2. The van der Waals surface area contributed by atoms with Crippen molar-refractivity contribution in [3.8, 4) is 0 Å². The fourth-order valence-electron chi connectivity index (χ4n) is 3.62. The first-order chi connectivity index (χ1) is 15.5. The average molecular weight is 448 g/mol. The molecule has 2 amide bonds. The van der Waals surface area contributed by atoms with E-state index in [0.717, 1.165) is 24.9 Å². The van der Waals surface area contributed by atoms with Crippen LogP contribution in [-0.4, -0.2) is 45.7 Å². The molecule has 1 aromatic carbocycles. The van der Waals surface area contributed by atoms with Crippen molar-refractivity contribution in [2.24, 2.45) is 0 Å². The van der Waals surface area contributed by atoms with Crippen LogP contribution in [0.1, 0.15) is 94.8 Å². The molecule has 0 saturated heterocycles. The SMILES string of the molecule is CCCCCCCCCCCC(=O)Nc1ccc(N(C)C)c(C(=O)NCCCOCC)c1. The summed E-state index contributed by atoms with van der Waals surface area (Å²) < 4.78 is 5.31. The lowest BCUT2D eigenvalue weighted by Gasteiger charge is -2.18. The summed E-state index contributed by atoms with van der Waals surface area (Å²) in [6, 6.07) is 5.50. The van der Waals surface area contributed by atoms with E-state index in [4.69, 9.17) is 4.74 Å². The van der Waals surface area contributed by atoms with E-state index in [2.05, 4.69) is 17.6 Å². The largest absolute Gasteiger partial charge is 0.382 e. The molecule has 0 atom stereocenters. The standard InChI is InChI=1S/C26H45N3O3/c1-5-7-8-9-10-11-12-13-14-16-25(30)28-22-17-18-24(29(3)4)23(21-22)26(31)27-19-15-20-32-6-2/h17-18,21H,5-16,19-20H2,1-4H3,(H,27,31)(H,28,30). The first-order valence-electron chi connectivity index (χ1n) is 12.5. The third-order valence-corrected chi connectivity index (χ3v) is 5.47. The second-order valence-electron chi connectivity index (χ2n) is 8.56. The Labute approximate surface area is 195 Å². The van der Waals surface area contributed by atoms with Crippen molar-refractivity contribution in [2.75, 3.05) is 44.1 Å². The predicted molar refractivity (Wildman–Crippen MR) is 135 cm³/mol. The monoisotopic (exact) mass is 447 g/mol. The zero-order valence-electron chi connectivity index (χ0n) is 20.8. The number of nitrogens with one attached hydrogen (secondary N) is 2. The van der Waals surface area contributed by atoms with Gasteiger partial charge < -0.3 is 20.3 Å². The Balaban J connectivity index is 2.45. The Morgan fingerprint density at radius 3 is 2.19 bits per heavy atom. The molecule has 0 unspecified atom stereocenters. The zero-order valence-corrected chi connectivity index (χ0v) is 20.8. The van der Waals surface area contributed by atoms with Crippen molar-refractivity contribution in [3.63, 3.8) is 0 Å². The number of unbranched alkanes of at least 4 members (excludes halogenated alkanes) is 8. The lowest BCUT2D eigenvalue weighted by molar-refractivity contribution is -0.116. The molecule has 6 nitrogen and oxygen atoms in total. The first-order valence-corrected chi connectivity index (χ1v) is 12.5. The van der Waals surface area contributed by atoms with Crippen LogP contribution in [0.2, 0.25) is 0 Å². The molecule has 0 aliphatic rings. The van der Waals surface area contributed by atoms with Crippen molar-refractivity contribution in [3.05, 3.63) is 23.8 Å². The molecule has 0 spiro atoms. The lowest BCUT2D eigenvalue weighted by atomic mass is 10.1. The maximum absolute atomic E-state index is 12.7. The maximum atomic E-state index is 12.7. The van der Waals surface area contributed by atoms with E-state index < -0.39 is 0 Å². The van der Waals surface area contributed by atoms with E-state index in [-0.39, 0.29) is 11.8 Å². The highest BCUT2D eigenvalue weighted by atomic mass is 16.5. The number of hydrogen-bond donors (Lipinski definition) is 2. The van der Waals surface area contributed by atoms with Crippen molar-refractivity contribution in [2.45, 2.75) is 84.5 Å². The zero-order chi connectivity index (χ0) is 23.6. The van der Waals surface area contributed by atoms with Gasteiger partial charge in [0.2, 0.25) is 5.91 Å². The van der Waals surface area contributed by atoms with Crippen LogP contribution < -0.4 is 15.5 Å². The van der Waals surface area contributed by atoms with Crippen LogP contribution in [0.25, 0.3) is 0 Å². The van der Waals surface area contributed by atoms with Gasteiger partial charge >= 0.3 is 0 Å². The fraction of sp³-hybridized carbons (Fsp3) is 0.692. The van der Waals surface area contributed by atoms with Gasteiger partial charge in [0.15, 0.2) is 0 Å². The minimum absolute atomic E-state index is 0.00798. The Hall–Kier alpha value is -2.08. The highest BCUT2D eigenvalue weighted by Gasteiger charge is 2.14. The van der Waals surface area contributed by atoms with Crippen LogP contribution >= 0.6 is 0 Å². The van der Waals surface area contributed by atoms with Gasteiger partial charge in [-0.2, -0.15) is 0 Å². The van der Waals surface area contributed by atoms with E-state index in [1.54, 1.807) is 6.07 Å². The number of amides is 2. The normalized spacial score (nSPS) is 10.8. The molecule has 0 aliphatic heterocycles. The van der Waals surface area contributed by atoms with Gasteiger partial charge in [-0.1, -0.05) is 58.3 Å².